The fourth-order valence-electron chi connectivity index (χ4n) is 2.09. The van der Waals surface area contributed by atoms with Crippen LogP contribution in [0.1, 0.15) is 16.7 Å². The number of ether oxygens (including phenoxy) is 1. The molecule has 0 aliphatic carbocycles. The Morgan fingerprint density at radius 1 is 1.17 bits per heavy atom. The van der Waals surface area contributed by atoms with Crippen LogP contribution in [0.25, 0.3) is 5.76 Å². The summed E-state index contributed by atoms with van der Waals surface area (Å²) in [5, 5.41) is 0. The van der Waals surface area contributed by atoms with E-state index in [0.29, 0.717) is 16.2 Å². The Kier molecular flexibility index (Phi) is 4.94. The van der Waals surface area contributed by atoms with Crippen molar-refractivity contribution in [3.8, 4) is 0 Å². The lowest BCUT2D eigenvalue weighted by Crippen LogP contribution is -2.09. The largest absolute Gasteiger partial charge is 0.497 e. The van der Waals surface area contributed by atoms with Gasteiger partial charge in [0.05, 0.1) is 12.7 Å². The van der Waals surface area contributed by atoms with Crippen LogP contribution in [0.15, 0.2) is 52.8 Å². The Morgan fingerprint density at radius 3 is 2.30 bits per heavy atom. The van der Waals surface area contributed by atoms with Crippen LogP contribution >= 0.6 is 11.8 Å². The third-order valence-electron chi connectivity index (χ3n) is 3.24. The molecule has 0 aromatic heterocycles. The van der Waals surface area contributed by atoms with Crippen molar-refractivity contribution in [3.05, 3.63) is 59.7 Å². The van der Waals surface area contributed by atoms with Crippen LogP contribution in [0.5, 0.6) is 0 Å². The third kappa shape index (κ3) is 4.01. The molecular formula is C17H16F3NOS. The summed E-state index contributed by atoms with van der Waals surface area (Å²) >= 11 is 1.06. The second-order valence-corrected chi connectivity index (χ2v) is 6.05. The Labute approximate surface area is 137 Å². The minimum atomic E-state index is -4.45. The summed E-state index contributed by atoms with van der Waals surface area (Å²) in [6, 6.07) is 9.50. The highest BCUT2D eigenvalue weighted by atomic mass is 32.2. The van der Waals surface area contributed by atoms with Gasteiger partial charge < -0.3 is 10.5 Å². The molecule has 0 aliphatic rings. The molecule has 23 heavy (non-hydrogen) atoms. The number of nitrogens with two attached hydrogens (primary N) is 1. The van der Waals surface area contributed by atoms with Crippen LogP contribution < -0.4 is 5.73 Å². The fourth-order valence-corrected chi connectivity index (χ4v) is 3.10. The van der Waals surface area contributed by atoms with Crippen molar-refractivity contribution >= 4 is 23.2 Å². The van der Waals surface area contributed by atoms with E-state index in [9.17, 15) is 13.2 Å². The molecule has 0 saturated carbocycles. The van der Waals surface area contributed by atoms with E-state index in [2.05, 4.69) is 6.58 Å². The molecule has 2 aromatic carbocycles. The number of halogens is 3. The summed E-state index contributed by atoms with van der Waals surface area (Å²) in [6.45, 7) is 5.36. The highest BCUT2D eigenvalue weighted by Crippen LogP contribution is 2.42. The SMILES string of the molecule is C=C(OC)c1ccc(Sc2c(C)cc(N)cc2C(F)(F)F)cc1. The van der Waals surface area contributed by atoms with E-state index in [4.69, 9.17) is 10.5 Å². The minimum Gasteiger partial charge on any atom is -0.497 e. The van der Waals surface area contributed by atoms with Gasteiger partial charge in [-0.05, 0) is 36.8 Å². The van der Waals surface area contributed by atoms with Crippen LogP contribution in [-0.4, -0.2) is 7.11 Å². The molecule has 0 atom stereocenters. The molecule has 0 saturated heterocycles. The molecule has 0 unspecified atom stereocenters. The van der Waals surface area contributed by atoms with Crippen molar-refractivity contribution in [3.63, 3.8) is 0 Å². The molecule has 0 spiro atoms. The van der Waals surface area contributed by atoms with E-state index < -0.39 is 11.7 Å². The summed E-state index contributed by atoms with van der Waals surface area (Å²) < 4.78 is 44.7. The molecule has 0 aliphatic heterocycles. The first-order chi connectivity index (χ1) is 10.7. The molecular weight excluding hydrogens is 323 g/mol. The number of anilines is 1. The summed E-state index contributed by atoms with van der Waals surface area (Å²) in [5.74, 6) is 0.501. The predicted octanol–water partition coefficient (Wildman–Crippen LogP) is 5.36. The Bertz CT molecular complexity index is 724. The van der Waals surface area contributed by atoms with Crippen LogP contribution in [0, 0.1) is 6.92 Å². The highest BCUT2D eigenvalue weighted by Gasteiger charge is 2.34. The fraction of sp³-hybridized carbons (Fsp3) is 0.176. The standard InChI is InChI=1S/C17H16F3NOS/c1-10-8-13(21)9-15(17(18,19)20)16(10)23-14-6-4-12(5-7-14)11(2)22-3/h4-9H,2,21H2,1,3H3. The molecule has 0 radical (unpaired) electrons. The second-order valence-electron chi connectivity index (χ2n) is 4.97. The monoisotopic (exact) mass is 339 g/mol. The van der Waals surface area contributed by atoms with Gasteiger partial charge in [0, 0.05) is 21.0 Å². The Morgan fingerprint density at radius 2 is 1.78 bits per heavy atom. The number of hydrogen-bond acceptors (Lipinski definition) is 3. The lowest BCUT2D eigenvalue weighted by atomic mass is 10.1. The maximum atomic E-state index is 13.2. The second kappa shape index (κ2) is 6.58. The van der Waals surface area contributed by atoms with Crippen LogP contribution in [0.3, 0.4) is 0 Å². The summed E-state index contributed by atoms with van der Waals surface area (Å²) in [5.41, 5.74) is 6.21. The van der Waals surface area contributed by atoms with Crippen LogP contribution in [0.2, 0.25) is 0 Å². The van der Waals surface area contributed by atoms with Crippen LogP contribution in [0.4, 0.5) is 18.9 Å². The van der Waals surface area contributed by atoms with Crippen LogP contribution in [-0.2, 0) is 10.9 Å². The first-order valence-electron chi connectivity index (χ1n) is 6.71. The van der Waals surface area contributed by atoms with Gasteiger partial charge in [-0.3, -0.25) is 0 Å². The zero-order chi connectivity index (χ0) is 17.2. The molecule has 0 amide bonds. The zero-order valence-corrected chi connectivity index (χ0v) is 13.5. The Hall–Kier alpha value is -2.08. The maximum Gasteiger partial charge on any atom is 0.417 e. The van der Waals surface area contributed by atoms with Crippen molar-refractivity contribution in [2.24, 2.45) is 0 Å². The summed E-state index contributed by atoms with van der Waals surface area (Å²) in [7, 11) is 1.51. The number of aryl methyl sites for hydroxylation is 1. The van der Waals surface area contributed by atoms with Crippen molar-refractivity contribution in [1.82, 2.24) is 0 Å². The number of methoxy groups -OCH3 is 1. The molecule has 2 N–H and O–H groups in total. The topological polar surface area (TPSA) is 35.2 Å². The van der Waals surface area contributed by atoms with Crippen molar-refractivity contribution in [1.29, 1.82) is 0 Å². The maximum absolute atomic E-state index is 13.2. The van der Waals surface area contributed by atoms with Gasteiger partial charge in [0.25, 0.3) is 0 Å². The number of benzene rings is 2. The quantitative estimate of drug-likeness (QED) is 0.601. The highest BCUT2D eigenvalue weighted by molar-refractivity contribution is 7.99. The van der Waals surface area contributed by atoms with Crippen molar-refractivity contribution in [2.45, 2.75) is 22.9 Å². The van der Waals surface area contributed by atoms with Gasteiger partial charge >= 0.3 is 6.18 Å². The van der Waals surface area contributed by atoms with Gasteiger partial charge in [-0.25, -0.2) is 0 Å². The predicted molar refractivity (Wildman–Crippen MR) is 87.2 cm³/mol. The third-order valence-corrected chi connectivity index (χ3v) is 4.50. The molecule has 2 rings (SSSR count). The van der Waals surface area contributed by atoms with E-state index >= 15 is 0 Å². The normalized spacial score (nSPS) is 11.3. The Balaban J connectivity index is 2.38. The van der Waals surface area contributed by atoms with E-state index in [1.54, 1.807) is 37.3 Å². The molecule has 2 nitrogen and oxygen atoms in total. The lowest BCUT2D eigenvalue weighted by Gasteiger charge is -2.16. The average molecular weight is 339 g/mol. The van der Waals surface area contributed by atoms with Crippen molar-refractivity contribution in [2.75, 3.05) is 12.8 Å². The van der Waals surface area contributed by atoms with E-state index in [0.717, 1.165) is 23.4 Å². The van der Waals surface area contributed by atoms with Gasteiger partial charge in [0.2, 0.25) is 0 Å². The van der Waals surface area contributed by atoms with Gasteiger partial charge in [-0.15, -0.1) is 0 Å². The molecule has 0 heterocycles. The van der Waals surface area contributed by atoms with Gasteiger partial charge in [0.15, 0.2) is 0 Å². The number of rotatable bonds is 4. The average Bonchev–Trinajstić information content (AvgIpc) is 2.48. The minimum absolute atomic E-state index is 0.103. The van der Waals surface area contributed by atoms with Crippen molar-refractivity contribution < 1.29 is 17.9 Å². The molecule has 0 bridgehead atoms. The lowest BCUT2D eigenvalue weighted by molar-refractivity contribution is -0.139. The van der Waals surface area contributed by atoms with Gasteiger partial charge in [0.1, 0.15) is 5.76 Å². The number of alkyl halides is 3. The zero-order valence-electron chi connectivity index (χ0n) is 12.7. The van der Waals surface area contributed by atoms with E-state index in [-0.39, 0.29) is 10.6 Å². The van der Waals surface area contributed by atoms with E-state index in [1.165, 1.54) is 7.11 Å². The molecule has 2 aromatic rings. The van der Waals surface area contributed by atoms with Gasteiger partial charge in [-0.2, -0.15) is 13.2 Å². The first kappa shape index (κ1) is 17.3. The number of nitrogen functional groups attached to an aromatic ring is 1. The first-order valence-corrected chi connectivity index (χ1v) is 7.52. The molecule has 0 fully saturated rings. The smallest absolute Gasteiger partial charge is 0.417 e. The molecule has 6 heteroatoms. The summed E-state index contributed by atoms with van der Waals surface area (Å²) in [4.78, 5) is 0.848. The van der Waals surface area contributed by atoms with E-state index in [1.807, 2.05) is 0 Å². The summed E-state index contributed by atoms with van der Waals surface area (Å²) in [6.07, 6.45) is -4.45. The number of hydrogen-bond donors (Lipinski definition) is 1. The van der Waals surface area contributed by atoms with Gasteiger partial charge in [-0.1, -0.05) is 30.5 Å². The molecule has 122 valence electrons.